The Hall–Kier alpha value is -4.50. The van der Waals surface area contributed by atoms with Crippen LogP contribution in [0, 0.1) is 23.7 Å². The highest BCUT2D eigenvalue weighted by molar-refractivity contribution is 6.14. The zero-order valence-electron chi connectivity index (χ0n) is 25.2. The molecule has 6 unspecified atom stereocenters. The average Bonchev–Trinajstić information content (AvgIpc) is 3.55. The lowest BCUT2D eigenvalue weighted by atomic mass is 9.63. The largest absolute Gasteiger partial charge is 0.347 e. The van der Waals surface area contributed by atoms with Crippen LogP contribution in [0.5, 0.6) is 0 Å². The van der Waals surface area contributed by atoms with Gasteiger partial charge < -0.3 is 5.32 Å². The molecule has 0 saturated heterocycles. The first-order valence-corrected chi connectivity index (χ1v) is 16.4. The molecule has 7 aliphatic rings. The molecule has 1 aliphatic heterocycles. The Morgan fingerprint density at radius 2 is 1.73 bits per heavy atom. The fourth-order valence-corrected chi connectivity index (χ4v) is 8.81. The van der Waals surface area contributed by atoms with Crippen LogP contribution in [0.1, 0.15) is 49.3 Å². The molecule has 9 rings (SSSR count). The maximum atomic E-state index is 5.23. The van der Waals surface area contributed by atoms with Crippen molar-refractivity contribution in [3.8, 4) is 11.1 Å². The summed E-state index contributed by atoms with van der Waals surface area (Å²) in [6.07, 6.45) is 34.0. The van der Waals surface area contributed by atoms with Gasteiger partial charge in [0.2, 0.25) is 0 Å². The molecule has 2 aromatic carbocycles. The second-order valence-corrected chi connectivity index (χ2v) is 13.3. The molecule has 0 fully saturated rings. The van der Waals surface area contributed by atoms with Gasteiger partial charge in [0.25, 0.3) is 0 Å². The van der Waals surface area contributed by atoms with E-state index in [-0.39, 0.29) is 17.5 Å². The molecule has 0 bridgehead atoms. The topological polar surface area (TPSA) is 36.8 Å². The molecule has 6 aliphatic carbocycles. The summed E-state index contributed by atoms with van der Waals surface area (Å²) in [7, 11) is 0. The summed E-state index contributed by atoms with van der Waals surface area (Å²) in [6, 6.07) is 16.3. The summed E-state index contributed by atoms with van der Waals surface area (Å²) in [4.78, 5) is 10.4. The van der Waals surface area contributed by atoms with E-state index < -0.39 is 0 Å². The standard InChI is InChI=1S/C41H37N3/c1-26-20-22-32-30-16-8-10-18-34(30)41(36(32)24-26)35-19-11-9-17-31(35)33-23-21-29(25-37(33)41)40-43-38(27-12-4-2-5-13-27)42-39(44-40)28-14-6-3-7-15-28/h2,4-6,8-12,14-23,25-27,30,34,38H,3,7,13,24H2,1H3,(H,42,43,44). The lowest BCUT2D eigenvalue weighted by Crippen LogP contribution is -2.43. The minimum atomic E-state index is -0.181. The van der Waals surface area contributed by atoms with Crippen LogP contribution in [0.15, 0.2) is 148 Å². The molecule has 6 atom stereocenters. The van der Waals surface area contributed by atoms with Crippen molar-refractivity contribution in [1.29, 1.82) is 0 Å². The van der Waals surface area contributed by atoms with Crippen molar-refractivity contribution < 1.29 is 0 Å². The maximum Gasteiger partial charge on any atom is 0.158 e. The van der Waals surface area contributed by atoms with Gasteiger partial charge in [0.05, 0.1) is 5.41 Å². The van der Waals surface area contributed by atoms with Gasteiger partial charge in [0, 0.05) is 28.9 Å². The van der Waals surface area contributed by atoms with Gasteiger partial charge in [-0.3, -0.25) is 0 Å². The van der Waals surface area contributed by atoms with Crippen LogP contribution >= 0.6 is 0 Å². The van der Waals surface area contributed by atoms with Gasteiger partial charge in [0.15, 0.2) is 5.84 Å². The molecule has 0 radical (unpaired) electrons. The van der Waals surface area contributed by atoms with Gasteiger partial charge in [-0.25, -0.2) is 9.98 Å². The van der Waals surface area contributed by atoms with Crippen LogP contribution < -0.4 is 5.32 Å². The number of amidine groups is 2. The Bertz CT molecular complexity index is 1890. The lowest BCUT2D eigenvalue weighted by molar-refractivity contribution is 0.420. The van der Waals surface area contributed by atoms with Crippen molar-refractivity contribution in [3.63, 3.8) is 0 Å². The predicted octanol–water partition coefficient (Wildman–Crippen LogP) is 8.70. The van der Waals surface area contributed by atoms with Crippen LogP contribution in [-0.4, -0.2) is 17.8 Å². The molecular weight excluding hydrogens is 534 g/mol. The first-order valence-electron chi connectivity index (χ1n) is 16.4. The van der Waals surface area contributed by atoms with Crippen molar-refractivity contribution in [2.45, 2.75) is 44.2 Å². The highest BCUT2D eigenvalue weighted by Crippen LogP contribution is 2.66. The summed E-state index contributed by atoms with van der Waals surface area (Å²) < 4.78 is 0. The first kappa shape index (κ1) is 25.9. The van der Waals surface area contributed by atoms with E-state index in [0.717, 1.165) is 48.5 Å². The van der Waals surface area contributed by atoms with Gasteiger partial charge in [-0.1, -0.05) is 128 Å². The number of allylic oxidation sites excluding steroid dienone is 13. The third kappa shape index (κ3) is 3.75. The van der Waals surface area contributed by atoms with E-state index in [2.05, 4.69) is 134 Å². The molecule has 44 heavy (non-hydrogen) atoms. The fraction of sp³-hybridized carbons (Fsp3) is 0.268. The Morgan fingerprint density at radius 1 is 0.841 bits per heavy atom. The molecule has 0 saturated carbocycles. The third-order valence-corrected chi connectivity index (χ3v) is 10.7. The Labute approximate surface area is 260 Å². The highest BCUT2D eigenvalue weighted by Gasteiger charge is 2.58. The van der Waals surface area contributed by atoms with Gasteiger partial charge in [-0.05, 0) is 65.5 Å². The number of aliphatic imine (C=N–C) groups is 2. The van der Waals surface area contributed by atoms with E-state index in [1.165, 1.54) is 27.8 Å². The maximum absolute atomic E-state index is 5.23. The second kappa shape index (κ2) is 10.0. The van der Waals surface area contributed by atoms with Gasteiger partial charge in [0.1, 0.15) is 12.0 Å². The Kier molecular flexibility index (Phi) is 5.91. The molecule has 2 aromatic rings. The molecule has 1 spiro atoms. The molecule has 0 aromatic heterocycles. The molecule has 3 nitrogen and oxygen atoms in total. The summed E-state index contributed by atoms with van der Waals surface area (Å²) in [5, 5.41) is 3.80. The van der Waals surface area contributed by atoms with E-state index in [0.29, 0.717) is 17.8 Å². The monoisotopic (exact) mass is 571 g/mol. The van der Waals surface area contributed by atoms with Gasteiger partial charge >= 0.3 is 0 Å². The number of nitrogens with zero attached hydrogens (tertiary/aromatic N) is 2. The summed E-state index contributed by atoms with van der Waals surface area (Å²) in [5.41, 5.74) is 10.9. The van der Waals surface area contributed by atoms with Crippen LogP contribution in [0.3, 0.4) is 0 Å². The third-order valence-electron chi connectivity index (χ3n) is 10.7. The smallest absolute Gasteiger partial charge is 0.158 e. The van der Waals surface area contributed by atoms with Crippen molar-refractivity contribution in [2.24, 2.45) is 33.7 Å². The molecule has 1 heterocycles. The fourth-order valence-electron chi connectivity index (χ4n) is 8.81. The average molecular weight is 572 g/mol. The minimum absolute atomic E-state index is 0.0599. The molecule has 216 valence electrons. The Morgan fingerprint density at radius 3 is 2.61 bits per heavy atom. The van der Waals surface area contributed by atoms with Crippen LogP contribution in [0.25, 0.3) is 11.1 Å². The molecular formula is C41H37N3. The van der Waals surface area contributed by atoms with Gasteiger partial charge in [-0.2, -0.15) is 0 Å². The normalized spacial score (nSPS) is 32.1. The van der Waals surface area contributed by atoms with E-state index >= 15 is 0 Å². The van der Waals surface area contributed by atoms with Gasteiger partial charge in [-0.15, -0.1) is 0 Å². The number of hydrogen-bond acceptors (Lipinski definition) is 3. The van der Waals surface area contributed by atoms with Crippen molar-refractivity contribution in [1.82, 2.24) is 5.32 Å². The summed E-state index contributed by atoms with van der Waals surface area (Å²) >= 11 is 0. The quantitative estimate of drug-likeness (QED) is 0.393. The second-order valence-electron chi connectivity index (χ2n) is 13.3. The van der Waals surface area contributed by atoms with E-state index in [9.17, 15) is 0 Å². The van der Waals surface area contributed by atoms with E-state index in [1.54, 1.807) is 5.57 Å². The molecule has 1 N–H and O–H groups in total. The number of fused-ring (bicyclic) bond motifs is 9. The zero-order chi connectivity index (χ0) is 29.3. The first-order chi connectivity index (χ1) is 21.7. The minimum Gasteiger partial charge on any atom is -0.347 e. The molecule has 3 heteroatoms. The van der Waals surface area contributed by atoms with E-state index in [1.807, 2.05) is 0 Å². The SMILES string of the molecule is CC1C=CC2=C(C1)C1(c3ccccc3-c3ccc(C4=NC(C5=CCCC=C5)=NC(C5C=CC=CC5)N4)cc31)C1C=CC=CC21. The summed E-state index contributed by atoms with van der Waals surface area (Å²) in [6.45, 7) is 2.37. The van der Waals surface area contributed by atoms with Crippen LogP contribution in [-0.2, 0) is 5.41 Å². The number of benzene rings is 2. The zero-order valence-corrected chi connectivity index (χ0v) is 25.2. The van der Waals surface area contributed by atoms with Crippen LogP contribution in [0.4, 0.5) is 0 Å². The lowest BCUT2D eigenvalue weighted by Gasteiger charge is -2.39. The number of rotatable bonds is 3. The van der Waals surface area contributed by atoms with E-state index in [4.69, 9.17) is 9.98 Å². The van der Waals surface area contributed by atoms with Crippen molar-refractivity contribution in [2.75, 3.05) is 0 Å². The van der Waals surface area contributed by atoms with Crippen molar-refractivity contribution in [3.05, 3.63) is 155 Å². The predicted molar refractivity (Wildman–Crippen MR) is 182 cm³/mol. The molecule has 0 amide bonds. The van der Waals surface area contributed by atoms with Crippen molar-refractivity contribution >= 4 is 11.7 Å². The summed E-state index contributed by atoms with van der Waals surface area (Å²) in [5.74, 6) is 3.34. The van der Waals surface area contributed by atoms with Crippen LogP contribution in [0.2, 0.25) is 0 Å². The highest BCUT2D eigenvalue weighted by atomic mass is 15.2. The number of hydrogen-bond donors (Lipinski definition) is 1. The Balaban J connectivity index is 1.22. The number of nitrogens with one attached hydrogen (secondary N) is 1.